The lowest BCUT2D eigenvalue weighted by molar-refractivity contribution is -0.149. The largest absolute Gasteiger partial charge is 0.613 e. The summed E-state index contributed by atoms with van der Waals surface area (Å²) in [5, 5.41) is 16.0. The first-order chi connectivity index (χ1) is 15.4. The van der Waals surface area contributed by atoms with E-state index in [0.717, 1.165) is 17.8 Å². The van der Waals surface area contributed by atoms with E-state index >= 15 is 4.39 Å². The molecule has 0 radical (unpaired) electrons. The van der Waals surface area contributed by atoms with Gasteiger partial charge in [-0.2, -0.15) is 9.97 Å². The lowest BCUT2D eigenvalue weighted by Gasteiger charge is -2.31. The molecule has 184 valence electrons. The molecule has 0 fully saturated rings. The van der Waals surface area contributed by atoms with Gasteiger partial charge in [-0.3, -0.25) is 9.36 Å². The van der Waals surface area contributed by atoms with Crippen LogP contribution in [-0.2, 0) is 29.1 Å². The number of hydrogen-bond acceptors (Lipinski definition) is 11. The molecule has 0 spiro atoms. The van der Waals surface area contributed by atoms with Crippen LogP contribution in [0.1, 0.15) is 27.7 Å². The van der Waals surface area contributed by atoms with Gasteiger partial charge in [0.05, 0.1) is 12.4 Å². The fraction of sp³-hybridized carbons (Fsp3) is 0.667. The van der Waals surface area contributed by atoms with E-state index in [-0.39, 0.29) is 23.2 Å². The van der Waals surface area contributed by atoms with E-state index in [1.54, 1.807) is 20.9 Å². The predicted octanol–water partition coefficient (Wildman–Crippen LogP) is 1.07. The minimum absolute atomic E-state index is 0.0527. The number of nitrogens with zero attached hydrogens (tertiary/aromatic N) is 4. The summed E-state index contributed by atoms with van der Waals surface area (Å²) >= 11 is 0. The van der Waals surface area contributed by atoms with Gasteiger partial charge in [0.15, 0.2) is 17.0 Å². The number of aromatic nitrogens is 4. The Morgan fingerprint density at radius 1 is 1.39 bits per heavy atom. The second-order valence-corrected chi connectivity index (χ2v) is 8.63. The van der Waals surface area contributed by atoms with Gasteiger partial charge in [0, 0.05) is 14.2 Å². The number of aliphatic hydroxyl groups is 1. The molecule has 0 bridgehead atoms. The van der Waals surface area contributed by atoms with E-state index in [4.69, 9.17) is 19.7 Å². The normalized spacial score (nSPS) is 16.8. The SMILES string of the molecule is CNc1nc(N)nc2c1ncn2[C@](C)(F)[C@H](O)[C@@H](CO[P+](=O)N[C@@H](C)C(=O)OC(C)C)OC. The highest BCUT2D eigenvalue weighted by molar-refractivity contribution is 7.36. The van der Waals surface area contributed by atoms with Crippen LogP contribution in [0.3, 0.4) is 0 Å². The summed E-state index contributed by atoms with van der Waals surface area (Å²) in [6.07, 6.45) is -2.21. The number of alkyl halides is 1. The van der Waals surface area contributed by atoms with Gasteiger partial charge in [-0.1, -0.05) is 5.09 Å². The molecule has 2 aromatic rings. The lowest BCUT2D eigenvalue weighted by atomic mass is 10.0. The molecule has 5 atom stereocenters. The monoisotopic (exact) mass is 490 g/mol. The predicted molar refractivity (Wildman–Crippen MR) is 118 cm³/mol. The number of rotatable bonds is 12. The fourth-order valence-corrected chi connectivity index (χ4v) is 3.68. The van der Waals surface area contributed by atoms with Crippen LogP contribution in [0.15, 0.2) is 6.33 Å². The van der Waals surface area contributed by atoms with E-state index in [0.29, 0.717) is 5.82 Å². The van der Waals surface area contributed by atoms with Crippen molar-refractivity contribution in [3.05, 3.63) is 6.33 Å². The molecule has 5 N–H and O–H groups in total. The Hall–Kier alpha value is -2.51. The second kappa shape index (κ2) is 11.1. The summed E-state index contributed by atoms with van der Waals surface area (Å²) in [5.41, 5.74) is 6.00. The molecule has 33 heavy (non-hydrogen) atoms. The van der Waals surface area contributed by atoms with Crippen LogP contribution in [0.5, 0.6) is 0 Å². The maximum absolute atomic E-state index is 15.8. The van der Waals surface area contributed by atoms with E-state index in [9.17, 15) is 14.5 Å². The third-order valence-corrected chi connectivity index (χ3v) is 5.66. The molecular weight excluding hydrogens is 460 g/mol. The van der Waals surface area contributed by atoms with Gasteiger partial charge in [0.25, 0.3) is 0 Å². The third-order valence-electron chi connectivity index (χ3n) is 4.68. The highest BCUT2D eigenvalue weighted by Gasteiger charge is 2.43. The second-order valence-electron chi connectivity index (χ2n) is 7.60. The Balaban J connectivity index is 2.12. The molecular formula is C18H30FN7O6P+. The van der Waals surface area contributed by atoms with Gasteiger partial charge in [-0.25, -0.2) is 9.37 Å². The Morgan fingerprint density at radius 2 is 2.06 bits per heavy atom. The van der Waals surface area contributed by atoms with Gasteiger partial charge >= 0.3 is 14.1 Å². The van der Waals surface area contributed by atoms with Gasteiger partial charge in [-0.15, -0.1) is 4.52 Å². The molecule has 13 nitrogen and oxygen atoms in total. The van der Waals surface area contributed by atoms with Gasteiger partial charge in [0.2, 0.25) is 11.7 Å². The number of methoxy groups -OCH3 is 1. The topological polar surface area (TPSA) is 176 Å². The maximum atomic E-state index is 15.8. The number of imidazole rings is 1. The van der Waals surface area contributed by atoms with Crippen molar-refractivity contribution in [2.24, 2.45) is 0 Å². The van der Waals surface area contributed by atoms with Crippen LogP contribution >= 0.6 is 8.18 Å². The maximum Gasteiger partial charge on any atom is 0.613 e. The average Bonchev–Trinajstić information content (AvgIpc) is 3.17. The molecule has 1 unspecified atom stereocenters. The molecule has 2 heterocycles. The zero-order valence-corrected chi connectivity index (χ0v) is 20.2. The molecule has 0 aliphatic heterocycles. The Kier molecular flexibility index (Phi) is 8.97. The number of nitrogens with two attached hydrogens (primary N) is 1. The number of ether oxygens (including phenoxy) is 2. The molecule has 0 saturated heterocycles. The Bertz CT molecular complexity index is 989. The minimum Gasteiger partial charge on any atom is -0.462 e. The van der Waals surface area contributed by atoms with Crippen LogP contribution in [0.25, 0.3) is 11.2 Å². The number of carbonyl (C=O) groups is 1. The number of aliphatic hydroxyl groups excluding tert-OH is 1. The van der Waals surface area contributed by atoms with Crippen LogP contribution < -0.4 is 16.1 Å². The molecule has 2 aromatic heterocycles. The third kappa shape index (κ3) is 6.30. The summed E-state index contributed by atoms with van der Waals surface area (Å²) in [6, 6.07) is -0.905. The van der Waals surface area contributed by atoms with Crippen molar-refractivity contribution < 1.29 is 32.9 Å². The smallest absolute Gasteiger partial charge is 0.462 e. The number of halogens is 1. The Labute approximate surface area is 191 Å². The zero-order chi connectivity index (χ0) is 24.9. The average molecular weight is 490 g/mol. The summed E-state index contributed by atoms with van der Waals surface area (Å²) in [4.78, 5) is 23.9. The summed E-state index contributed by atoms with van der Waals surface area (Å²) < 4.78 is 44.3. The van der Waals surface area contributed by atoms with Crippen LogP contribution in [0, 0.1) is 0 Å². The van der Waals surface area contributed by atoms with Crippen LogP contribution in [0.2, 0.25) is 0 Å². The zero-order valence-electron chi connectivity index (χ0n) is 19.3. The van der Waals surface area contributed by atoms with Crippen molar-refractivity contribution in [2.45, 2.75) is 57.8 Å². The number of anilines is 2. The molecule has 2 rings (SSSR count). The Morgan fingerprint density at radius 3 is 2.64 bits per heavy atom. The number of nitrogen functional groups attached to an aromatic ring is 1. The van der Waals surface area contributed by atoms with Crippen molar-refractivity contribution in [3.63, 3.8) is 0 Å². The van der Waals surface area contributed by atoms with E-state index in [1.165, 1.54) is 14.0 Å². The van der Waals surface area contributed by atoms with E-state index in [2.05, 4.69) is 25.4 Å². The van der Waals surface area contributed by atoms with Crippen molar-refractivity contribution >= 4 is 37.1 Å². The summed E-state index contributed by atoms with van der Waals surface area (Å²) in [6.45, 7) is 5.48. The summed E-state index contributed by atoms with van der Waals surface area (Å²) in [5.74, 6) is -2.90. The highest BCUT2D eigenvalue weighted by atomic mass is 31.1. The lowest BCUT2D eigenvalue weighted by Crippen LogP contribution is -2.48. The summed E-state index contributed by atoms with van der Waals surface area (Å²) in [7, 11) is 0.296. The highest BCUT2D eigenvalue weighted by Crippen LogP contribution is 2.32. The first-order valence-corrected chi connectivity index (χ1v) is 11.3. The quantitative estimate of drug-likeness (QED) is 0.246. The van der Waals surface area contributed by atoms with Crippen molar-refractivity contribution in [1.82, 2.24) is 24.6 Å². The first-order valence-electron chi connectivity index (χ1n) is 10.1. The first kappa shape index (κ1) is 26.7. The number of nitrogens with one attached hydrogen (secondary N) is 2. The van der Waals surface area contributed by atoms with Crippen LogP contribution in [-0.4, -0.2) is 75.7 Å². The van der Waals surface area contributed by atoms with E-state index < -0.39 is 44.8 Å². The molecule has 0 aromatic carbocycles. The number of hydrogen-bond donors (Lipinski definition) is 4. The molecule has 0 aliphatic rings. The standard InChI is InChI=1S/C18H30FN7O6P/c1-9(2)32-16(28)10(3)25-33(29)31-7-11(30-6)13(27)18(4,19)26-8-22-12-14(21-5)23-17(20)24-15(12)26/h8-11,13,27H,7H2,1-6H3,(H,25,29)(H3,20,21,23,24)/q+1/t10-,11+,13+,18-/m0/s1. The molecule has 0 aliphatic carbocycles. The van der Waals surface area contributed by atoms with Crippen LogP contribution in [0.4, 0.5) is 16.2 Å². The molecule has 15 heteroatoms. The molecule has 0 amide bonds. The number of esters is 1. The number of fused-ring (bicyclic) bond motifs is 1. The van der Waals surface area contributed by atoms with Gasteiger partial charge in [-0.05, 0) is 32.3 Å². The van der Waals surface area contributed by atoms with Gasteiger partial charge < -0.3 is 25.6 Å². The van der Waals surface area contributed by atoms with Crippen molar-refractivity contribution in [2.75, 3.05) is 31.8 Å². The number of carbonyl (C=O) groups excluding carboxylic acids is 1. The van der Waals surface area contributed by atoms with Crippen molar-refractivity contribution in [1.29, 1.82) is 0 Å². The fourth-order valence-electron chi connectivity index (χ4n) is 2.90. The minimum atomic E-state index is -2.54. The molecule has 0 saturated carbocycles. The van der Waals surface area contributed by atoms with E-state index in [1.807, 2.05) is 0 Å². The van der Waals surface area contributed by atoms with Gasteiger partial charge in [0.1, 0.15) is 24.9 Å². The van der Waals surface area contributed by atoms with Crippen molar-refractivity contribution in [3.8, 4) is 0 Å².